The molecule has 5 heterocycles. The molecule has 262 valence electrons. The number of hydrogen-bond donors (Lipinski definition) is 5. The van der Waals surface area contributed by atoms with Gasteiger partial charge in [0.2, 0.25) is 11.8 Å². The van der Waals surface area contributed by atoms with Gasteiger partial charge in [0.15, 0.2) is 0 Å². The highest BCUT2D eigenvalue weighted by molar-refractivity contribution is 6.36. The molecule has 0 radical (unpaired) electrons. The summed E-state index contributed by atoms with van der Waals surface area (Å²) in [6, 6.07) is 20.3. The van der Waals surface area contributed by atoms with E-state index in [2.05, 4.69) is 56.7 Å². The van der Waals surface area contributed by atoms with Gasteiger partial charge in [0.1, 0.15) is 11.5 Å². The molecule has 7 rings (SSSR count). The van der Waals surface area contributed by atoms with Crippen LogP contribution < -0.4 is 32.1 Å². The fraction of sp³-hybridized carbons (Fsp3) is 0.308. The lowest BCUT2D eigenvalue weighted by molar-refractivity contribution is -0.120. The van der Waals surface area contributed by atoms with Gasteiger partial charge in [-0.25, -0.2) is 9.97 Å². The molecule has 0 spiro atoms. The molecule has 2 amide bonds. The minimum Gasteiger partial charge on any atom is -0.373 e. The summed E-state index contributed by atoms with van der Waals surface area (Å²) in [5.74, 6) is 0.950. The third-order valence-corrected chi connectivity index (χ3v) is 10.2. The molecule has 12 heteroatoms. The molecule has 3 aromatic heterocycles. The Morgan fingerprint density at radius 1 is 0.824 bits per heavy atom. The standard InChI is InChI=1S/C39H41ClN8O3/c1-23-29(24-15-16-48-34(17-24)44-20-26(39(48)51)19-43-22-28-11-14-36(50)46-28)5-3-6-30(23)31-7-4-8-32(37(31)40)33-12-9-25(38(41-2)47-33)18-42-21-27-10-13-35(49)45-27/h3-9,12,15-17,20,27-28,42-43H,10-11,13-14,18-19,21-22H2,1-2H3,(H,41,47)(H,45,49)(H,46,50)/t27-,28+/m1/s1. The number of halogens is 1. The maximum atomic E-state index is 13.3. The number of fused-ring (bicyclic) bond motifs is 1. The number of pyridine rings is 2. The van der Waals surface area contributed by atoms with Gasteiger partial charge in [-0.2, -0.15) is 0 Å². The van der Waals surface area contributed by atoms with Crippen LogP contribution in [0.1, 0.15) is 42.4 Å². The first-order valence-electron chi connectivity index (χ1n) is 17.4. The Hall–Kier alpha value is -5.10. The van der Waals surface area contributed by atoms with Crippen molar-refractivity contribution in [2.45, 2.75) is 57.8 Å². The van der Waals surface area contributed by atoms with Crippen LogP contribution in [0.2, 0.25) is 5.02 Å². The molecule has 0 aliphatic carbocycles. The number of carbonyl (C=O) groups is 2. The molecule has 0 bridgehead atoms. The van der Waals surface area contributed by atoms with Crippen molar-refractivity contribution in [1.29, 1.82) is 0 Å². The van der Waals surface area contributed by atoms with E-state index in [-0.39, 0.29) is 29.5 Å². The van der Waals surface area contributed by atoms with Gasteiger partial charge in [0.25, 0.3) is 5.56 Å². The number of aromatic nitrogens is 3. The van der Waals surface area contributed by atoms with Crippen molar-refractivity contribution >= 4 is 34.9 Å². The van der Waals surface area contributed by atoms with Crippen LogP contribution in [0.25, 0.3) is 39.2 Å². The number of hydrogen-bond acceptors (Lipinski definition) is 8. The zero-order chi connectivity index (χ0) is 35.5. The summed E-state index contributed by atoms with van der Waals surface area (Å²) < 4.78 is 1.57. The summed E-state index contributed by atoms with van der Waals surface area (Å²) in [6.07, 6.45) is 6.19. The molecule has 11 nitrogen and oxygen atoms in total. The third-order valence-electron chi connectivity index (χ3n) is 9.79. The Labute approximate surface area is 301 Å². The van der Waals surface area contributed by atoms with Crippen LogP contribution in [-0.2, 0) is 22.7 Å². The molecule has 0 saturated carbocycles. The number of rotatable bonds is 12. The van der Waals surface area contributed by atoms with Gasteiger partial charge in [0.05, 0.1) is 10.7 Å². The van der Waals surface area contributed by atoms with Crippen LogP contribution in [0.5, 0.6) is 0 Å². The fourth-order valence-electron chi connectivity index (χ4n) is 7.00. The van der Waals surface area contributed by atoms with Crippen molar-refractivity contribution in [1.82, 2.24) is 35.6 Å². The van der Waals surface area contributed by atoms with E-state index in [1.54, 1.807) is 16.8 Å². The van der Waals surface area contributed by atoms with E-state index in [0.717, 1.165) is 63.3 Å². The lowest BCUT2D eigenvalue weighted by atomic mass is 9.92. The van der Waals surface area contributed by atoms with Gasteiger partial charge < -0.3 is 26.6 Å². The van der Waals surface area contributed by atoms with Crippen LogP contribution in [-0.4, -0.2) is 58.4 Å². The average molecular weight is 705 g/mol. The van der Waals surface area contributed by atoms with E-state index in [4.69, 9.17) is 16.6 Å². The maximum Gasteiger partial charge on any atom is 0.262 e. The molecule has 2 atom stereocenters. The summed E-state index contributed by atoms with van der Waals surface area (Å²) in [4.78, 5) is 45.8. The van der Waals surface area contributed by atoms with E-state index in [0.29, 0.717) is 55.3 Å². The molecule has 0 unspecified atom stereocenters. The quantitative estimate of drug-likeness (QED) is 0.124. The summed E-state index contributed by atoms with van der Waals surface area (Å²) in [7, 11) is 1.86. The van der Waals surface area contributed by atoms with Gasteiger partial charge in [-0.3, -0.25) is 18.8 Å². The van der Waals surface area contributed by atoms with Gasteiger partial charge in [-0.15, -0.1) is 0 Å². The molecular formula is C39H41ClN8O3. The normalized spacial score (nSPS) is 17.2. The summed E-state index contributed by atoms with van der Waals surface area (Å²) in [6.45, 7) is 4.39. The molecular weight excluding hydrogens is 664 g/mol. The van der Waals surface area contributed by atoms with Crippen molar-refractivity contribution < 1.29 is 9.59 Å². The molecule has 2 aromatic carbocycles. The van der Waals surface area contributed by atoms with Crippen LogP contribution in [0.15, 0.2) is 77.9 Å². The van der Waals surface area contributed by atoms with Crippen molar-refractivity contribution in [2.24, 2.45) is 0 Å². The van der Waals surface area contributed by atoms with E-state index < -0.39 is 0 Å². The first-order chi connectivity index (χ1) is 24.8. The Morgan fingerprint density at radius 3 is 2.14 bits per heavy atom. The predicted molar refractivity (Wildman–Crippen MR) is 201 cm³/mol. The molecule has 2 aliphatic rings. The Morgan fingerprint density at radius 2 is 1.47 bits per heavy atom. The lowest BCUT2D eigenvalue weighted by Crippen LogP contribution is -2.36. The maximum absolute atomic E-state index is 13.3. The molecule has 2 saturated heterocycles. The Balaban J connectivity index is 1.10. The predicted octanol–water partition coefficient (Wildman–Crippen LogP) is 4.83. The zero-order valence-corrected chi connectivity index (χ0v) is 29.4. The monoisotopic (exact) mass is 704 g/mol. The van der Waals surface area contributed by atoms with E-state index in [1.807, 2.05) is 49.5 Å². The second-order valence-electron chi connectivity index (χ2n) is 13.2. The van der Waals surface area contributed by atoms with Gasteiger partial charge >= 0.3 is 0 Å². The highest BCUT2D eigenvalue weighted by Gasteiger charge is 2.22. The minimum absolute atomic E-state index is 0.0722. The van der Waals surface area contributed by atoms with Crippen LogP contribution in [0, 0.1) is 6.92 Å². The van der Waals surface area contributed by atoms with Gasteiger partial charge in [-0.1, -0.05) is 54.1 Å². The van der Waals surface area contributed by atoms with Crippen molar-refractivity contribution in [2.75, 3.05) is 25.5 Å². The topological polar surface area (TPSA) is 142 Å². The SMILES string of the molecule is CNc1nc(-c2cccc(-c3cccc(-c4ccn5c(=O)c(CNC[C@@H]6CCC(=O)N6)cnc5c4)c3C)c2Cl)ccc1CNC[C@H]1CCC(=O)N1. The first kappa shape index (κ1) is 34.4. The smallest absolute Gasteiger partial charge is 0.262 e. The fourth-order valence-corrected chi connectivity index (χ4v) is 7.32. The molecule has 5 N–H and O–H groups in total. The number of nitrogens with one attached hydrogen (secondary N) is 5. The van der Waals surface area contributed by atoms with Crippen LogP contribution in [0.3, 0.4) is 0 Å². The van der Waals surface area contributed by atoms with Crippen LogP contribution >= 0.6 is 11.6 Å². The van der Waals surface area contributed by atoms with E-state index >= 15 is 0 Å². The lowest BCUT2D eigenvalue weighted by Gasteiger charge is -2.17. The Bertz CT molecular complexity index is 2180. The number of anilines is 1. The summed E-state index contributed by atoms with van der Waals surface area (Å²) >= 11 is 7.16. The van der Waals surface area contributed by atoms with Crippen LogP contribution in [0.4, 0.5) is 5.82 Å². The van der Waals surface area contributed by atoms with Crippen molar-refractivity contribution in [3.8, 4) is 33.5 Å². The number of amides is 2. The average Bonchev–Trinajstić information content (AvgIpc) is 3.76. The minimum atomic E-state index is -0.123. The van der Waals surface area contributed by atoms with Crippen molar-refractivity contribution in [3.05, 3.63) is 105 Å². The Kier molecular flexibility index (Phi) is 10.1. The molecule has 5 aromatic rings. The second kappa shape index (κ2) is 15.0. The summed E-state index contributed by atoms with van der Waals surface area (Å²) in [5, 5.41) is 16.5. The first-order valence-corrected chi connectivity index (χ1v) is 17.7. The highest BCUT2D eigenvalue weighted by Crippen LogP contribution is 2.40. The second-order valence-corrected chi connectivity index (χ2v) is 13.6. The zero-order valence-electron chi connectivity index (χ0n) is 28.7. The number of carbonyl (C=O) groups excluding carboxylic acids is 2. The molecule has 51 heavy (non-hydrogen) atoms. The largest absolute Gasteiger partial charge is 0.373 e. The highest BCUT2D eigenvalue weighted by atomic mass is 35.5. The number of benzene rings is 2. The van der Waals surface area contributed by atoms with E-state index in [1.165, 1.54) is 0 Å². The summed E-state index contributed by atoms with van der Waals surface area (Å²) in [5.41, 5.74) is 8.52. The molecule has 2 fully saturated rings. The van der Waals surface area contributed by atoms with E-state index in [9.17, 15) is 14.4 Å². The number of nitrogens with zero attached hydrogens (tertiary/aromatic N) is 3. The van der Waals surface area contributed by atoms with Gasteiger partial charge in [-0.05, 0) is 60.2 Å². The molecule has 2 aliphatic heterocycles. The third kappa shape index (κ3) is 7.37. The van der Waals surface area contributed by atoms with Gasteiger partial charge in [0, 0.05) is 92.8 Å². The van der Waals surface area contributed by atoms with Crippen molar-refractivity contribution in [3.63, 3.8) is 0 Å².